The molecule has 4 aromatic rings. The third kappa shape index (κ3) is 3.66. The lowest BCUT2D eigenvalue weighted by Crippen LogP contribution is -2.12. The van der Waals surface area contributed by atoms with Crippen LogP contribution in [-0.4, -0.2) is 10.5 Å². The Labute approximate surface area is 175 Å². The smallest absolute Gasteiger partial charge is 0.257 e. The van der Waals surface area contributed by atoms with Crippen LogP contribution in [0.2, 0.25) is 5.02 Å². The number of fused-ring (bicyclic) bond motifs is 1. The Hall–Kier alpha value is -3.04. The summed E-state index contributed by atoms with van der Waals surface area (Å²) in [6.45, 7) is 7.29. The number of rotatable bonds is 4. The maximum Gasteiger partial charge on any atom is 0.257 e. The molecule has 0 saturated carbocycles. The number of nitrogens with zero attached hydrogens (tertiary/aromatic N) is 1. The van der Waals surface area contributed by atoms with Gasteiger partial charge in [0.2, 0.25) is 0 Å². The van der Waals surface area contributed by atoms with E-state index in [0.29, 0.717) is 10.6 Å². The minimum atomic E-state index is -0.209. The van der Waals surface area contributed by atoms with Crippen molar-refractivity contribution in [1.82, 2.24) is 4.57 Å². The first kappa shape index (κ1) is 19.3. The first-order valence-electron chi connectivity index (χ1n) is 9.74. The number of benzene rings is 3. The number of hydrogen-bond donors (Lipinski definition) is 1. The lowest BCUT2D eigenvalue weighted by Gasteiger charge is -2.10. The van der Waals surface area contributed by atoms with Gasteiger partial charge in [0, 0.05) is 28.8 Å². The molecule has 1 N–H and O–H groups in total. The van der Waals surface area contributed by atoms with E-state index in [0.717, 1.165) is 23.1 Å². The van der Waals surface area contributed by atoms with Crippen molar-refractivity contribution < 1.29 is 4.79 Å². The highest BCUT2D eigenvalue weighted by molar-refractivity contribution is 6.34. The monoisotopic (exact) mass is 402 g/mol. The molecule has 29 heavy (non-hydrogen) atoms. The van der Waals surface area contributed by atoms with Gasteiger partial charge < -0.3 is 9.88 Å². The number of aryl methyl sites for hydroxylation is 3. The molecule has 0 aliphatic rings. The normalized spacial score (nSPS) is 11.0. The molecule has 4 rings (SSSR count). The number of halogens is 1. The molecule has 0 radical (unpaired) electrons. The van der Waals surface area contributed by atoms with E-state index in [2.05, 4.69) is 61.0 Å². The SMILES string of the molecule is CCn1c(-c2ccc(C)c(C)c2)cc2cc(NC(=O)c3ccccc3Cl)ccc21. The van der Waals surface area contributed by atoms with Crippen LogP contribution in [0.5, 0.6) is 0 Å². The van der Waals surface area contributed by atoms with Gasteiger partial charge in [-0.15, -0.1) is 0 Å². The average Bonchev–Trinajstić information content (AvgIpc) is 3.08. The van der Waals surface area contributed by atoms with E-state index in [1.165, 1.54) is 22.4 Å². The van der Waals surface area contributed by atoms with Crippen molar-refractivity contribution in [3.05, 3.63) is 88.4 Å². The lowest BCUT2D eigenvalue weighted by atomic mass is 10.0. The average molecular weight is 403 g/mol. The molecule has 0 atom stereocenters. The van der Waals surface area contributed by atoms with Crippen LogP contribution in [0, 0.1) is 13.8 Å². The summed E-state index contributed by atoms with van der Waals surface area (Å²) >= 11 is 6.15. The van der Waals surface area contributed by atoms with Gasteiger partial charge in [0.05, 0.1) is 10.6 Å². The standard InChI is InChI=1S/C25H23ClN2O/c1-4-28-23-12-11-20(27-25(29)21-7-5-6-8-22(21)26)14-19(23)15-24(28)18-10-9-16(2)17(3)13-18/h5-15H,4H2,1-3H3,(H,27,29). The van der Waals surface area contributed by atoms with E-state index in [-0.39, 0.29) is 5.91 Å². The first-order chi connectivity index (χ1) is 14.0. The molecule has 0 unspecified atom stereocenters. The van der Waals surface area contributed by atoms with Crippen molar-refractivity contribution in [3.8, 4) is 11.3 Å². The molecule has 1 amide bonds. The van der Waals surface area contributed by atoms with Crippen LogP contribution in [-0.2, 0) is 6.54 Å². The van der Waals surface area contributed by atoms with Gasteiger partial charge in [0.1, 0.15) is 0 Å². The predicted molar refractivity (Wildman–Crippen MR) is 122 cm³/mol. The molecule has 0 saturated heterocycles. The summed E-state index contributed by atoms with van der Waals surface area (Å²) in [5, 5.41) is 4.50. The highest BCUT2D eigenvalue weighted by atomic mass is 35.5. The second-order valence-electron chi connectivity index (χ2n) is 7.28. The molecule has 3 aromatic carbocycles. The van der Waals surface area contributed by atoms with E-state index < -0.39 is 0 Å². The summed E-state index contributed by atoms with van der Waals surface area (Å²) in [6, 6.07) is 21.8. The van der Waals surface area contributed by atoms with Crippen molar-refractivity contribution in [3.63, 3.8) is 0 Å². The van der Waals surface area contributed by atoms with E-state index >= 15 is 0 Å². The van der Waals surface area contributed by atoms with Crippen LogP contribution in [0.15, 0.2) is 66.7 Å². The number of anilines is 1. The van der Waals surface area contributed by atoms with E-state index in [4.69, 9.17) is 11.6 Å². The fourth-order valence-corrected chi connectivity index (χ4v) is 3.89. The van der Waals surface area contributed by atoms with Crippen LogP contribution in [0.3, 0.4) is 0 Å². The minimum Gasteiger partial charge on any atom is -0.341 e. The third-order valence-corrected chi connectivity index (χ3v) is 5.73. The number of nitrogens with one attached hydrogen (secondary N) is 1. The third-order valence-electron chi connectivity index (χ3n) is 5.40. The Balaban J connectivity index is 1.72. The zero-order valence-electron chi connectivity index (χ0n) is 16.8. The van der Waals surface area contributed by atoms with Gasteiger partial charge >= 0.3 is 0 Å². The topological polar surface area (TPSA) is 34.0 Å². The summed E-state index contributed by atoms with van der Waals surface area (Å²) in [7, 11) is 0. The maximum absolute atomic E-state index is 12.6. The molecule has 0 bridgehead atoms. The molecule has 146 valence electrons. The molecular weight excluding hydrogens is 380 g/mol. The Morgan fingerprint density at radius 2 is 1.76 bits per heavy atom. The van der Waals surface area contributed by atoms with E-state index in [9.17, 15) is 4.79 Å². The van der Waals surface area contributed by atoms with Gasteiger partial charge in [0.15, 0.2) is 0 Å². The number of aromatic nitrogens is 1. The number of carbonyl (C=O) groups excluding carboxylic acids is 1. The van der Waals surface area contributed by atoms with Crippen LogP contribution < -0.4 is 5.32 Å². The summed E-state index contributed by atoms with van der Waals surface area (Å²) in [5.74, 6) is -0.209. The quantitative estimate of drug-likeness (QED) is 0.398. The summed E-state index contributed by atoms with van der Waals surface area (Å²) < 4.78 is 2.30. The fourth-order valence-electron chi connectivity index (χ4n) is 3.67. The predicted octanol–water partition coefficient (Wildman–Crippen LogP) is 6.85. The van der Waals surface area contributed by atoms with Gasteiger partial charge in [-0.25, -0.2) is 0 Å². The van der Waals surface area contributed by atoms with Gasteiger partial charge in [-0.3, -0.25) is 4.79 Å². The molecule has 4 heteroatoms. The van der Waals surface area contributed by atoms with Crippen molar-refractivity contribution in [2.24, 2.45) is 0 Å². The summed E-state index contributed by atoms with van der Waals surface area (Å²) in [4.78, 5) is 12.6. The fraction of sp³-hybridized carbons (Fsp3) is 0.160. The van der Waals surface area contributed by atoms with E-state index in [1.54, 1.807) is 18.2 Å². The van der Waals surface area contributed by atoms with Gasteiger partial charge in [-0.05, 0) is 79.9 Å². The molecule has 0 aliphatic heterocycles. The first-order valence-corrected chi connectivity index (χ1v) is 10.1. The van der Waals surface area contributed by atoms with Crippen LogP contribution in [0.25, 0.3) is 22.2 Å². The van der Waals surface area contributed by atoms with Crippen LogP contribution in [0.4, 0.5) is 5.69 Å². The Morgan fingerprint density at radius 1 is 0.966 bits per heavy atom. The Morgan fingerprint density at radius 3 is 2.48 bits per heavy atom. The summed E-state index contributed by atoms with van der Waals surface area (Å²) in [5.41, 5.74) is 7.32. The van der Waals surface area contributed by atoms with Crippen molar-refractivity contribution in [1.29, 1.82) is 0 Å². The van der Waals surface area contributed by atoms with Gasteiger partial charge in [-0.2, -0.15) is 0 Å². The van der Waals surface area contributed by atoms with Crippen molar-refractivity contribution >= 4 is 34.1 Å². The molecule has 1 aromatic heterocycles. The second-order valence-corrected chi connectivity index (χ2v) is 7.69. The maximum atomic E-state index is 12.6. The molecule has 0 spiro atoms. The van der Waals surface area contributed by atoms with Crippen LogP contribution in [0.1, 0.15) is 28.4 Å². The highest BCUT2D eigenvalue weighted by Crippen LogP contribution is 2.31. The number of hydrogen-bond acceptors (Lipinski definition) is 1. The lowest BCUT2D eigenvalue weighted by molar-refractivity contribution is 0.102. The Bertz CT molecular complexity index is 1220. The number of amides is 1. The zero-order chi connectivity index (χ0) is 20.5. The van der Waals surface area contributed by atoms with Crippen molar-refractivity contribution in [2.75, 3.05) is 5.32 Å². The molecule has 1 heterocycles. The van der Waals surface area contributed by atoms with E-state index in [1.807, 2.05) is 18.2 Å². The molecule has 0 fully saturated rings. The summed E-state index contributed by atoms with van der Waals surface area (Å²) in [6.07, 6.45) is 0. The number of carbonyl (C=O) groups is 1. The largest absolute Gasteiger partial charge is 0.341 e. The van der Waals surface area contributed by atoms with Gasteiger partial charge in [-0.1, -0.05) is 35.9 Å². The zero-order valence-corrected chi connectivity index (χ0v) is 17.5. The minimum absolute atomic E-state index is 0.209. The molecular formula is C25H23ClN2O. The molecule has 3 nitrogen and oxygen atoms in total. The second kappa shape index (κ2) is 7.76. The Kier molecular flexibility index (Phi) is 5.16. The molecule has 0 aliphatic carbocycles. The highest BCUT2D eigenvalue weighted by Gasteiger charge is 2.13. The van der Waals surface area contributed by atoms with Crippen molar-refractivity contribution in [2.45, 2.75) is 27.3 Å². The van der Waals surface area contributed by atoms with Gasteiger partial charge in [0.25, 0.3) is 5.91 Å². The van der Waals surface area contributed by atoms with Crippen LogP contribution >= 0.6 is 11.6 Å².